The van der Waals surface area contributed by atoms with Crippen LogP contribution in [0, 0.1) is 0 Å². The van der Waals surface area contributed by atoms with Crippen molar-refractivity contribution in [2.24, 2.45) is 0 Å². The quantitative estimate of drug-likeness (QED) is 0.162. The first kappa shape index (κ1) is 36.7. The lowest BCUT2D eigenvalue weighted by atomic mass is 9.67. The Hall–Kier alpha value is -7.92. The summed E-state index contributed by atoms with van der Waals surface area (Å²) < 4.78 is 0. The third-order valence-electron chi connectivity index (χ3n) is 13.1. The summed E-state index contributed by atoms with van der Waals surface area (Å²) in [5.74, 6) is 0.703. The van der Waals surface area contributed by atoms with E-state index in [0.29, 0.717) is 5.82 Å². The first-order chi connectivity index (χ1) is 31.7. The molecule has 0 amide bonds. The van der Waals surface area contributed by atoms with Crippen LogP contribution >= 0.6 is 11.8 Å². The van der Waals surface area contributed by atoms with Gasteiger partial charge in [0.15, 0.2) is 5.82 Å². The second-order valence-corrected chi connectivity index (χ2v) is 17.7. The van der Waals surface area contributed by atoms with Gasteiger partial charge in [-0.15, -0.1) is 0 Å². The molecule has 13 rings (SSSR count). The number of fused-ring (bicyclic) bond motifs is 13. The normalized spacial score (nSPS) is 13.1. The Morgan fingerprint density at radius 3 is 1.62 bits per heavy atom. The minimum Gasteiger partial charge on any atom is -0.247 e. The lowest BCUT2D eigenvalue weighted by Gasteiger charge is -2.40. The van der Waals surface area contributed by atoms with Gasteiger partial charge in [-0.1, -0.05) is 206 Å². The topological polar surface area (TPSA) is 38.7 Å². The Labute approximate surface area is 375 Å². The van der Waals surface area contributed by atoms with E-state index in [9.17, 15) is 0 Å². The summed E-state index contributed by atoms with van der Waals surface area (Å²) in [7, 11) is 0. The van der Waals surface area contributed by atoms with Crippen LogP contribution < -0.4 is 0 Å². The fourth-order valence-corrected chi connectivity index (χ4v) is 11.7. The Morgan fingerprint density at radius 1 is 0.344 bits per heavy atom. The third-order valence-corrected chi connectivity index (χ3v) is 14.3. The summed E-state index contributed by atoms with van der Waals surface area (Å²) >= 11 is 1.90. The molecule has 4 heteroatoms. The molecule has 0 N–H and O–H groups in total. The maximum Gasteiger partial charge on any atom is 0.160 e. The molecule has 3 heterocycles. The zero-order chi connectivity index (χ0) is 42.2. The average Bonchev–Trinajstić information content (AvgIpc) is 3.67. The molecule has 11 aromatic rings. The van der Waals surface area contributed by atoms with Crippen LogP contribution in [-0.2, 0) is 5.41 Å². The molecule has 1 aliphatic heterocycles. The lowest BCUT2D eigenvalue weighted by Crippen LogP contribution is -2.32. The molecule has 2 aliphatic rings. The maximum absolute atomic E-state index is 5.48. The molecular formula is C60H37N3S. The van der Waals surface area contributed by atoms with Gasteiger partial charge in [-0.25, -0.2) is 15.0 Å². The van der Waals surface area contributed by atoms with Crippen molar-refractivity contribution in [2.75, 3.05) is 0 Å². The van der Waals surface area contributed by atoms with E-state index in [1.807, 2.05) is 36.0 Å². The monoisotopic (exact) mass is 831 g/mol. The molecule has 0 bridgehead atoms. The third kappa shape index (κ3) is 5.59. The molecule has 0 radical (unpaired) electrons. The fraction of sp³-hybridized carbons (Fsp3) is 0.0167. The molecule has 9 aromatic carbocycles. The van der Waals surface area contributed by atoms with E-state index in [2.05, 4.69) is 200 Å². The highest BCUT2D eigenvalue weighted by molar-refractivity contribution is 7.99. The van der Waals surface area contributed by atoms with Gasteiger partial charge in [0.1, 0.15) is 0 Å². The second-order valence-electron chi connectivity index (χ2n) is 16.6. The molecule has 3 nitrogen and oxygen atoms in total. The molecule has 0 fully saturated rings. The van der Waals surface area contributed by atoms with E-state index in [0.717, 1.165) is 66.8 Å². The number of para-hydroxylation sites is 1. The lowest BCUT2D eigenvalue weighted by molar-refractivity contribution is 0.726. The maximum atomic E-state index is 5.48. The Bertz CT molecular complexity index is 3550. The number of benzene rings is 9. The largest absolute Gasteiger partial charge is 0.247 e. The molecule has 0 unspecified atom stereocenters. The van der Waals surface area contributed by atoms with Gasteiger partial charge in [-0.05, 0) is 74.8 Å². The van der Waals surface area contributed by atoms with E-state index in [1.165, 1.54) is 48.6 Å². The summed E-state index contributed by atoms with van der Waals surface area (Å²) in [6.07, 6.45) is 0. The average molecular weight is 832 g/mol. The minimum atomic E-state index is -0.457. The summed E-state index contributed by atoms with van der Waals surface area (Å²) in [6.45, 7) is 0. The van der Waals surface area contributed by atoms with Crippen LogP contribution in [0.4, 0.5) is 0 Å². The fourth-order valence-electron chi connectivity index (χ4n) is 10.3. The Balaban J connectivity index is 0.985. The van der Waals surface area contributed by atoms with E-state index in [1.54, 1.807) is 0 Å². The number of aromatic nitrogens is 3. The van der Waals surface area contributed by atoms with Crippen molar-refractivity contribution in [1.29, 1.82) is 0 Å². The summed E-state index contributed by atoms with van der Waals surface area (Å²) in [4.78, 5) is 18.2. The van der Waals surface area contributed by atoms with Gasteiger partial charge in [0.25, 0.3) is 0 Å². The standard InChI is InChI=1S/C60H37N3S/c1-3-17-38(18-4-1)53-37-54(63-59(62-53)39-19-5-2-6-20-39)42-23-15-21-40(35-42)41-22-16-24-43(36-41)57-47-33-34-51-58(56(47)46-27-9-13-31-52(46)61-57)64-55-32-14-12-30-50(55)60(51)48-28-10-7-25-44(48)45-26-8-11-29-49(45)60/h1-37H. The number of hydrogen-bond donors (Lipinski definition) is 0. The van der Waals surface area contributed by atoms with Crippen LogP contribution in [0.1, 0.15) is 22.3 Å². The van der Waals surface area contributed by atoms with Crippen molar-refractivity contribution in [3.05, 3.63) is 247 Å². The van der Waals surface area contributed by atoms with Gasteiger partial charge in [0.2, 0.25) is 0 Å². The van der Waals surface area contributed by atoms with Crippen LogP contribution in [0.2, 0.25) is 0 Å². The molecular weight excluding hydrogens is 795 g/mol. The van der Waals surface area contributed by atoms with Crippen molar-refractivity contribution in [3.63, 3.8) is 0 Å². The highest BCUT2D eigenvalue weighted by Crippen LogP contribution is 2.63. The number of hydrogen-bond acceptors (Lipinski definition) is 4. The van der Waals surface area contributed by atoms with Gasteiger partial charge < -0.3 is 0 Å². The van der Waals surface area contributed by atoms with Crippen LogP contribution in [-0.4, -0.2) is 15.0 Å². The van der Waals surface area contributed by atoms with Crippen LogP contribution in [0.3, 0.4) is 0 Å². The number of nitrogens with zero attached hydrogens (tertiary/aromatic N) is 3. The van der Waals surface area contributed by atoms with E-state index < -0.39 is 5.41 Å². The number of rotatable bonds is 5. The highest BCUT2D eigenvalue weighted by atomic mass is 32.2. The Kier molecular flexibility index (Phi) is 8.37. The van der Waals surface area contributed by atoms with Crippen LogP contribution in [0.5, 0.6) is 0 Å². The summed E-state index contributed by atoms with van der Waals surface area (Å²) in [5, 5.41) is 3.56. The summed E-state index contributed by atoms with van der Waals surface area (Å²) in [5.41, 5.74) is 17.6. The molecule has 0 saturated heterocycles. The minimum absolute atomic E-state index is 0.457. The van der Waals surface area contributed by atoms with E-state index >= 15 is 0 Å². The van der Waals surface area contributed by atoms with Gasteiger partial charge in [0.05, 0.1) is 28.0 Å². The van der Waals surface area contributed by atoms with Crippen molar-refractivity contribution in [1.82, 2.24) is 15.0 Å². The molecule has 1 aliphatic carbocycles. The predicted molar refractivity (Wildman–Crippen MR) is 263 cm³/mol. The zero-order valence-electron chi connectivity index (χ0n) is 34.6. The number of pyridine rings is 1. The van der Waals surface area contributed by atoms with Gasteiger partial charge in [0, 0.05) is 48.2 Å². The first-order valence-electron chi connectivity index (χ1n) is 21.8. The van der Waals surface area contributed by atoms with Gasteiger partial charge in [-0.2, -0.15) is 0 Å². The van der Waals surface area contributed by atoms with E-state index in [-0.39, 0.29) is 0 Å². The van der Waals surface area contributed by atoms with Crippen molar-refractivity contribution in [3.8, 4) is 67.4 Å². The first-order valence-corrected chi connectivity index (χ1v) is 22.6. The smallest absolute Gasteiger partial charge is 0.160 e. The van der Waals surface area contributed by atoms with E-state index in [4.69, 9.17) is 15.0 Å². The molecule has 298 valence electrons. The highest BCUT2D eigenvalue weighted by Gasteiger charge is 2.50. The summed E-state index contributed by atoms with van der Waals surface area (Å²) in [6, 6.07) is 80.8. The van der Waals surface area contributed by atoms with Crippen molar-refractivity contribution in [2.45, 2.75) is 15.2 Å². The Morgan fingerprint density at radius 2 is 0.891 bits per heavy atom. The molecule has 1 spiro atoms. The van der Waals surface area contributed by atoms with Crippen LogP contribution in [0.15, 0.2) is 234 Å². The molecule has 2 aromatic heterocycles. The predicted octanol–water partition coefficient (Wildman–Crippen LogP) is 15.3. The SMILES string of the molecule is c1ccc(-c2cc(-c3cccc(-c4cccc(-c5nc6ccccc6c6c7c(ccc56)C5(c6ccccc6S7)c6ccccc6-c6ccccc65)c4)c3)nc(-c3ccccc3)n2)cc1. The molecule has 0 saturated carbocycles. The zero-order valence-corrected chi connectivity index (χ0v) is 35.4. The molecule has 0 atom stereocenters. The second kappa shape index (κ2) is 14.6. The van der Waals surface area contributed by atoms with Gasteiger partial charge in [-0.3, -0.25) is 0 Å². The van der Waals surface area contributed by atoms with Crippen molar-refractivity contribution < 1.29 is 0 Å². The van der Waals surface area contributed by atoms with Crippen LogP contribution in [0.25, 0.3) is 89.1 Å². The van der Waals surface area contributed by atoms with Gasteiger partial charge >= 0.3 is 0 Å². The van der Waals surface area contributed by atoms with Crippen molar-refractivity contribution >= 4 is 33.4 Å². The molecule has 64 heavy (non-hydrogen) atoms.